The Bertz CT molecular complexity index is 1070. The van der Waals surface area contributed by atoms with Crippen LogP contribution in [0.1, 0.15) is 11.8 Å². The van der Waals surface area contributed by atoms with Crippen molar-refractivity contribution in [2.24, 2.45) is 0 Å². The second kappa shape index (κ2) is 7.89. The van der Waals surface area contributed by atoms with E-state index in [2.05, 4.69) is 5.32 Å². The monoisotopic (exact) mass is 408 g/mol. The van der Waals surface area contributed by atoms with Crippen LogP contribution in [-0.2, 0) is 9.59 Å². The highest BCUT2D eigenvalue weighted by Crippen LogP contribution is 2.35. The Labute approximate surface area is 171 Å². The molecule has 4 rings (SSSR count). The topological polar surface area (TPSA) is 58.6 Å². The normalized spacial score (nSPS) is 13.9. The van der Waals surface area contributed by atoms with Gasteiger partial charge in [0.2, 0.25) is 0 Å². The lowest BCUT2D eigenvalue weighted by atomic mass is 10.2. The Hall–Kier alpha value is -3.45. The molecule has 0 saturated heterocycles. The number of halogens is 1. The van der Waals surface area contributed by atoms with Crippen molar-refractivity contribution in [1.29, 1.82) is 0 Å². The number of amides is 2. The standard InChI is InChI=1S/C22H17FN2O3S/c1-2-28-17-11-7-15(8-12-17)24-20-19(18-4-3-13-29-18)21(26)25(22(20)27)16-9-5-14(23)6-10-16/h3-13,24H,2H2,1H3. The summed E-state index contributed by atoms with van der Waals surface area (Å²) in [6.45, 7) is 2.46. The average Bonchev–Trinajstić information content (AvgIpc) is 3.32. The smallest absolute Gasteiger partial charge is 0.282 e. The molecule has 3 aromatic rings. The van der Waals surface area contributed by atoms with Crippen molar-refractivity contribution in [3.05, 3.63) is 82.4 Å². The molecule has 1 N–H and O–H groups in total. The fraction of sp³-hybridized carbons (Fsp3) is 0.0909. The van der Waals surface area contributed by atoms with Crippen molar-refractivity contribution in [2.45, 2.75) is 6.92 Å². The molecule has 0 spiro atoms. The lowest BCUT2D eigenvalue weighted by Gasteiger charge is -2.15. The highest BCUT2D eigenvalue weighted by atomic mass is 32.1. The zero-order valence-corrected chi connectivity index (χ0v) is 16.3. The molecule has 0 bridgehead atoms. The number of imide groups is 1. The summed E-state index contributed by atoms with van der Waals surface area (Å²) in [5.41, 5.74) is 1.45. The number of carbonyl (C=O) groups is 2. The number of anilines is 2. The van der Waals surface area contributed by atoms with Crippen molar-refractivity contribution >= 4 is 40.1 Å². The third-order valence-electron chi connectivity index (χ3n) is 4.37. The molecule has 0 saturated carbocycles. The third kappa shape index (κ3) is 3.64. The largest absolute Gasteiger partial charge is 0.494 e. The predicted molar refractivity (Wildman–Crippen MR) is 111 cm³/mol. The van der Waals surface area contributed by atoms with Crippen molar-refractivity contribution in [3.63, 3.8) is 0 Å². The predicted octanol–water partition coefficient (Wildman–Crippen LogP) is 4.68. The number of hydrogen-bond acceptors (Lipinski definition) is 5. The van der Waals surface area contributed by atoms with Crippen LogP contribution in [0, 0.1) is 5.82 Å². The van der Waals surface area contributed by atoms with Gasteiger partial charge in [-0.3, -0.25) is 9.59 Å². The van der Waals surface area contributed by atoms with Gasteiger partial charge in [-0.25, -0.2) is 9.29 Å². The Morgan fingerprint density at radius 1 is 1.00 bits per heavy atom. The molecule has 29 heavy (non-hydrogen) atoms. The molecule has 0 atom stereocenters. The number of hydrogen-bond donors (Lipinski definition) is 1. The van der Waals surface area contributed by atoms with E-state index in [1.54, 1.807) is 30.3 Å². The molecule has 146 valence electrons. The molecular weight excluding hydrogens is 391 g/mol. The Morgan fingerprint density at radius 3 is 2.34 bits per heavy atom. The first-order valence-electron chi connectivity index (χ1n) is 9.01. The molecule has 0 aliphatic carbocycles. The lowest BCUT2D eigenvalue weighted by molar-refractivity contribution is -0.120. The summed E-state index contributed by atoms with van der Waals surface area (Å²) in [5.74, 6) is -0.657. The molecule has 2 aromatic carbocycles. The van der Waals surface area contributed by atoms with Gasteiger partial charge in [-0.2, -0.15) is 0 Å². The maximum absolute atomic E-state index is 13.3. The second-order valence-corrected chi connectivity index (χ2v) is 7.18. The zero-order valence-electron chi connectivity index (χ0n) is 15.5. The van der Waals surface area contributed by atoms with Gasteiger partial charge in [0, 0.05) is 10.6 Å². The summed E-state index contributed by atoms with van der Waals surface area (Å²) in [6.07, 6.45) is 0. The van der Waals surface area contributed by atoms with E-state index in [1.165, 1.54) is 35.6 Å². The summed E-state index contributed by atoms with van der Waals surface area (Å²) < 4.78 is 18.7. The number of ether oxygens (including phenoxy) is 1. The van der Waals surface area contributed by atoms with Crippen LogP contribution in [0.4, 0.5) is 15.8 Å². The summed E-state index contributed by atoms with van der Waals surface area (Å²) in [4.78, 5) is 28.0. The van der Waals surface area contributed by atoms with Crippen molar-refractivity contribution in [2.75, 3.05) is 16.8 Å². The summed E-state index contributed by atoms with van der Waals surface area (Å²) >= 11 is 1.37. The number of nitrogens with zero attached hydrogens (tertiary/aromatic N) is 1. The van der Waals surface area contributed by atoms with Crippen LogP contribution in [0.3, 0.4) is 0 Å². The highest BCUT2D eigenvalue weighted by Gasteiger charge is 2.40. The van der Waals surface area contributed by atoms with Crippen molar-refractivity contribution < 1.29 is 18.7 Å². The maximum Gasteiger partial charge on any atom is 0.282 e. The average molecular weight is 408 g/mol. The first kappa shape index (κ1) is 18.9. The minimum Gasteiger partial charge on any atom is -0.494 e. The lowest BCUT2D eigenvalue weighted by Crippen LogP contribution is -2.32. The van der Waals surface area contributed by atoms with Gasteiger partial charge in [-0.05, 0) is 66.9 Å². The van der Waals surface area contributed by atoms with Crippen LogP contribution in [0.2, 0.25) is 0 Å². The fourth-order valence-electron chi connectivity index (χ4n) is 3.07. The van der Waals surface area contributed by atoms with Gasteiger partial charge in [0.05, 0.1) is 17.9 Å². The van der Waals surface area contributed by atoms with Gasteiger partial charge in [-0.1, -0.05) is 6.07 Å². The van der Waals surface area contributed by atoms with Crippen molar-refractivity contribution in [1.82, 2.24) is 0 Å². The molecular formula is C22H17FN2O3S. The molecule has 0 radical (unpaired) electrons. The first-order chi connectivity index (χ1) is 14.1. The molecule has 7 heteroatoms. The number of rotatable bonds is 6. The van der Waals surface area contributed by atoms with Crippen LogP contribution in [0.15, 0.2) is 71.7 Å². The summed E-state index contributed by atoms with van der Waals surface area (Å²) in [7, 11) is 0. The van der Waals surface area contributed by atoms with Gasteiger partial charge in [0.25, 0.3) is 11.8 Å². The molecule has 2 amide bonds. The van der Waals surface area contributed by atoms with E-state index in [1.807, 2.05) is 18.4 Å². The fourth-order valence-corrected chi connectivity index (χ4v) is 3.83. The van der Waals surface area contributed by atoms with Gasteiger partial charge in [0.1, 0.15) is 17.3 Å². The van der Waals surface area contributed by atoms with E-state index >= 15 is 0 Å². The molecule has 2 heterocycles. The minimum absolute atomic E-state index is 0.186. The number of benzene rings is 2. The Balaban J connectivity index is 1.72. The number of nitrogens with one attached hydrogen (secondary N) is 1. The first-order valence-corrected chi connectivity index (χ1v) is 9.89. The summed E-state index contributed by atoms with van der Waals surface area (Å²) in [6, 6.07) is 16.0. The maximum atomic E-state index is 13.3. The highest BCUT2D eigenvalue weighted by molar-refractivity contribution is 7.11. The molecule has 0 unspecified atom stereocenters. The Kier molecular flexibility index (Phi) is 5.14. The minimum atomic E-state index is -0.487. The van der Waals surface area contributed by atoms with Gasteiger partial charge >= 0.3 is 0 Å². The molecule has 1 aromatic heterocycles. The molecule has 0 fully saturated rings. The van der Waals surface area contributed by atoms with E-state index in [-0.39, 0.29) is 5.70 Å². The third-order valence-corrected chi connectivity index (χ3v) is 5.26. The van der Waals surface area contributed by atoms with Gasteiger partial charge < -0.3 is 10.1 Å². The van der Waals surface area contributed by atoms with Crippen LogP contribution in [-0.4, -0.2) is 18.4 Å². The van der Waals surface area contributed by atoms with E-state index in [0.717, 1.165) is 4.90 Å². The van der Waals surface area contributed by atoms with Gasteiger partial charge in [-0.15, -0.1) is 11.3 Å². The van der Waals surface area contributed by atoms with Crippen LogP contribution < -0.4 is 15.0 Å². The van der Waals surface area contributed by atoms with E-state index in [4.69, 9.17) is 4.74 Å². The quantitative estimate of drug-likeness (QED) is 0.602. The van der Waals surface area contributed by atoms with Crippen LogP contribution in [0.5, 0.6) is 5.75 Å². The summed E-state index contributed by atoms with van der Waals surface area (Å²) in [5, 5.41) is 4.93. The molecule has 1 aliphatic heterocycles. The number of thiophene rings is 1. The Morgan fingerprint density at radius 2 is 1.72 bits per heavy atom. The second-order valence-electron chi connectivity index (χ2n) is 6.23. The zero-order chi connectivity index (χ0) is 20.4. The van der Waals surface area contributed by atoms with Crippen LogP contribution >= 0.6 is 11.3 Å². The van der Waals surface area contributed by atoms with Gasteiger partial charge in [0.15, 0.2) is 0 Å². The van der Waals surface area contributed by atoms with E-state index in [0.29, 0.717) is 34.2 Å². The molecule has 5 nitrogen and oxygen atoms in total. The molecule has 1 aliphatic rings. The van der Waals surface area contributed by atoms with Crippen LogP contribution in [0.25, 0.3) is 5.57 Å². The van der Waals surface area contributed by atoms with E-state index in [9.17, 15) is 14.0 Å². The number of carbonyl (C=O) groups excluding carboxylic acids is 2. The SMILES string of the molecule is CCOc1ccc(NC2=C(c3cccs3)C(=O)N(c3ccc(F)cc3)C2=O)cc1. The van der Waals surface area contributed by atoms with E-state index < -0.39 is 17.6 Å². The van der Waals surface area contributed by atoms with Crippen molar-refractivity contribution in [3.8, 4) is 5.75 Å².